The molecule has 1 aliphatic heterocycles. The van der Waals surface area contributed by atoms with E-state index in [9.17, 15) is 9.59 Å². The van der Waals surface area contributed by atoms with E-state index in [1.807, 2.05) is 65.7 Å². The zero-order chi connectivity index (χ0) is 23.0. The summed E-state index contributed by atoms with van der Waals surface area (Å²) < 4.78 is 5.11. The number of hydrazone groups is 1. The molecule has 0 bridgehead atoms. The van der Waals surface area contributed by atoms with Crippen LogP contribution in [0.4, 0.5) is 11.4 Å². The minimum atomic E-state index is -0.438. The van der Waals surface area contributed by atoms with Crippen LogP contribution in [0.2, 0.25) is 0 Å². The summed E-state index contributed by atoms with van der Waals surface area (Å²) in [6.45, 7) is 0.00185. The Kier molecular flexibility index (Phi) is 6.84. The molecule has 1 unspecified atom stereocenters. The van der Waals surface area contributed by atoms with E-state index in [1.165, 1.54) is 0 Å². The van der Waals surface area contributed by atoms with Crippen molar-refractivity contribution in [2.45, 2.75) is 12.5 Å². The Bertz CT molecular complexity index is 1120. The van der Waals surface area contributed by atoms with Crippen molar-refractivity contribution < 1.29 is 14.3 Å². The van der Waals surface area contributed by atoms with E-state index in [2.05, 4.69) is 21.3 Å². The molecule has 0 radical (unpaired) electrons. The van der Waals surface area contributed by atoms with Crippen molar-refractivity contribution in [2.24, 2.45) is 5.10 Å². The maximum atomic E-state index is 12.7. The molecule has 1 aliphatic rings. The first-order valence-electron chi connectivity index (χ1n) is 10.6. The van der Waals surface area contributed by atoms with Crippen molar-refractivity contribution in [2.75, 3.05) is 24.0 Å². The molecule has 33 heavy (non-hydrogen) atoms. The second kappa shape index (κ2) is 10.3. The molecule has 0 aliphatic carbocycles. The van der Waals surface area contributed by atoms with E-state index >= 15 is 0 Å². The number of para-hydroxylation sites is 1. The third-order valence-electron chi connectivity index (χ3n) is 5.24. The van der Waals surface area contributed by atoms with Crippen LogP contribution in [-0.4, -0.2) is 31.2 Å². The van der Waals surface area contributed by atoms with Gasteiger partial charge in [-0.05, 0) is 42.0 Å². The quantitative estimate of drug-likeness (QED) is 0.487. The highest BCUT2D eigenvalue weighted by Gasteiger charge is 2.32. The number of nitrogens with one attached hydrogen (secondary N) is 3. The fourth-order valence-corrected chi connectivity index (χ4v) is 3.53. The van der Waals surface area contributed by atoms with Gasteiger partial charge in [0.1, 0.15) is 11.5 Å². The molecule has 2 amide bonds. The summed E-state index contributed by atoms with van der Waals surface area (Å²) in [4.78, 5) is 24.9. The molecular weight excluding hydrogens is 418 g/mol. The number of anilines is 2. The molecule has 1 atom stereocenters. The van der Waals surface area contributed by atoms with Crippen molar-refractivity contribution in [3.8, 4) is 5.75 Å². The van der Waals surface area contributed by atoms with Gasteiger partial charge in [0.15, 0.2) is 0 Å². The summed E-state index contributed by atoms with van der Waals surface area (Å²) in [5.41, 5.74) is 7.96. The lowest BCUT2D eigenvalue weighted by Crippen LogP contribution is -2.46. The number of nitrogens with zero attached hydrogens (tertiary/aromatic N) is 2. The lowest BCUT2D eigenvalue weighted by Gasteiger charge is -2.23. The average molecular weight is 444 g/mol. The fraction of sp³-hybridized carbons (Fsp3) is 0.160. The maximum Gasteiger partial charge on any atom is 0.285 e. The first-order chi connectivity index (χ1) is 16.1. The highest BCUT2D eigenvalue weighted by Crippen LogP contribution is 2.34. The molecular formula is C25H25N5O3. The first-order valence-corrected chi connectivity index (χ1v) is 10.6. The van der Waals surface area contributed by atoms with Gasteiger partial charge in [0.25, 0.3) is 11.8 Å². The monoisotopic (exact) mass is 443 g/mol. The molecule has 0 saturated heterocycles. The highest BCUT2D eigenvalue weighted by atomic mass is 16.5. The number of methoxy groups -OCH3 is 1. The summed E-state index contributed by atoms with van der Waals surface area (Å²) in [7, 11) is 1.59. The van der Waals surface area contributed by atoms with Gasteiger partial charge in [-0.25, -0.2) is 0 Å². The Morgan fingerprint density at radius 1 is 0.939 bits per heavy atom. The molecule has 8 nitrogen and oxygen atoms in total. The number of hydrogen-bond acceptors (Lipinski definition) is 6. The Morgan fingerprint density at radius 3 is 2.27 bits per heavy atom. The van der Waals surface area contributed by atoms with E-state index in [0.29, 0.717) is 12.1 Å². The van der Waals surface area contributed by atoms with Crippen LogP contribution in [0.25, 0.3) is 0 Å². The largest absolute Gasteiger partial charge is 0.497 e. The lowest BCUT2D eigenvalue weighted by atomic mass is 10.0. The molecule has 0 saturated carbocycles. The standard InChI is InChI=1S/C25H25N5O3/c1-33-21-14-12-19(13-15-21)26-17-24(31)27-28-25(32)22-16-23(18-8-4-2-5-9-18)30(29-22)20-10-6-3-7-11-20/h2-15,23,26H,16-17H2,1H3,(H,27,31)(H,28,32). The Balaban J connectivity index is 1.36. The van der Waals surface area contributed by atoms with Crippen molar-refractivity contribution in [3.63, 3.8) is 0 Å². The number of ether oxygens (including phenoxy) is 1. The van der Waals surface area contributed by atoms with Gasteiger partial charge >= 0.3 is 0 Å². The zero-order valence-electron chi connectivity index (χ0n) is 18.2. The number of hydrazine groups is 1. The van der Waals surface area contributed by atoms with Gasteiger partial charge < -0.3 is 10.1 Å². The number of carbonyl (C=O) groups is 2. The van der Waals surface area contributed by atoms with Gasteiger partial charge in [-0.1, -0.05) is 48.5 Å². The molecule has 1 heterocycles. The number of amides is 2. The van der Waals surface area contributed by atoms with Crippen molar-refractivity contribution in [1.82, 2.24) is 10.9 Å². The fourth-order valence-electron chi connectivity index (χ4n) is 3.53. The number of carbonyl (C=O) groups excluding carboxylic acids is 2. The molecule has 0 fully saturated rings. The molecule has 3 aromatic carbocycles. The first kappa shape index (κ1) is 21.9. The van der Waals surface area contributed by atoms with Crippen molar-refractivity contribution in [3.05, 3.63) is 90.5 Å². The van der Waals surface area contributed by atoms with Gasteiger partial charge in [0, 0.05) is 12.1 Å². The van der Waals surface area contributed by atoms with Gasteiger partial charge in [0.05, 0.1) is 25.4 Å². The number of rotatable bonds is 7. The Hall–Kier alpha value is -4.33. The molecule has 4 rings (SSSR count). The number of benzene rings is 3. The van der Waals surface area contributed by atoms with Crippen LogP contribution >= 0.6 is 0 Å². The van der Waals surface area contributed by atoms with Gasteiger partial charge in [0.2, 0.25) is 0 Å². The molecule has 0 spiro atoms. The SMILES string of the molecule is COc1ccc(NCC(=O)NNC(=O)C2=NN(c3ccccc3)C(c3ccccc3)C2)cc1. The third kappa shape index (κ3) is 5.48. The minimum absolute atomic E-state index is 0.00185. The highest BCUT2D eigenvalue weighted by molar-refractivity contribution is 6.39. The van der Waals surface area contributed by atoms with Crippen LogP contribution in [0.5, 0.6) is 5.75 Å². The van der Waals surface area contributed by atoms with Crippen LogP contribution in [0.1, 0.15) is 18.0 Å². The van der Waals surface area contributed by atoms with Crippen molar-refractivity contribution in [1.29, 1.82) is 0 Å². The van der Waals surface area contributed by atoms with E-state index < -0.39 is 5.91 Å². The van der Waals surface area contributed by atoms with Crippen LogP contribution in [0, 0.1) is 0 Å². The van der Waals surface area contributed by atoms with E-state index in [1.54, 1.807) is 31.4 Å². The molecule has 168 valence electrons. The third-order valence-corrected chi connectivity index (χ3v) is 5.24. The van der Waals surface area contributed by atoms with E-state index in [0.717, 1.165) is 22.7 Å². The van der Waals surface area contributed by atoms with Crippen molar-refractivity contribution >= 4 is 28.9 Å². The zero-order valence-corrected chi connectivity index (χ0v) is 18.2. The van der Waals surface area contributed by atoms with Crippen LogP contribution in [0.15, 0.2) is 90.0 Å². The lowest BCUT2D eigenvalue weighted by molar-refractivity contribution is -0.124. The topological polar surface area (TPSA) is 95.1 Å². The maximum absolute atomic E-state index is 12.7. The summed E-state index contributed by atoms with van der Waals surface area (Å²) in [5.74, 6) is -0.0857. The molecule has 0 aromatic heterocycles. The van der Waals surface area contributed by atoms with Gasteiger partial charge in [-0.15, -0.1) is 0 Å². The predicted octanol–water partition coefficient (Wildman–Crippen LogP) is 3.26. The second-order valence-electron chi connectivity index (χ2n) is 7.44. The smallest absolute Gasteiger partial charge is 0.285 e. The van der Waals surface area contributed by atoms with E-state index in [-0.39, 0.29) is 18.5 Å². The van der Waals surface area contributed by atoms with Crippen LogP contribution in [0.3, 0.4) is 0 Å². The Morgan fingerprint density at radius 2 is 1.61 bits per heavy atom. The van der Waals surface area contributed by atoms with E-state index in [4.69, 9.17) is 4.74 Å². The average Bonchev–Trinajstić information content (AvgIpc) is 3.33. The second-order valence-corrected chi connectivity index (χ2v) is 7.44. The van der Waals surface area contributed by atoms with Gasteiger partial charge in [-0.3, -0.25) is 25.4 Å². The molecule has 3 N–H and O–H groups in total. The normalized spacial score (nSPS) is 14.9. The Labute approximate surface area is 192 Å². The molecule has 8 heteroatoms. The minimum Gasteiger partial charge on any atom is -0.497 e. The van der Waals surface area contributed by atoms with Crippen LogP contribution in [-0.2, 0) is 9.59 Å². The molecule has 3 aromatic rings. The summed E-state index contributed by atoms with van der Waals surface area (Å²) in [5, 5.41) is 9.40. The predicted molar refractivity (Wildman–Crippen MR) is 128 cm³/mol. The van der Waals surface area contributed by atoms with Gasteiger partial charge in [-0.2, -0.15) is 5.10 Å². The summed E-state index contributed by atoms with van der Waals surface area (Å²) in [6.07, 6.45) is 0.421. The summed E-state index contributed by atoms with van der Waals surface area (Å²) in [6, 6.07) is 26.7. The summed E-state index contributed by atoms with van der Waals surface area (Å²) >= 11 is 0. The van der Waals surface area contributed by atoms with Crippen LogP contribution < -0.4 is 25.9 Å². The number of hydrogen-bond donors (Lipinski definition) is 3.